The third-order valence-corrected chi connectivity index (χ3v) is 2.01. The molecule has 0 amide bonds. The Morgan fingerprint density at radius 3 is 2.92 bits per heavy atom. The van der Waals surface area contributed by atoms with Gasteiger partial charge in [0.1, 0.15) is 0 Å². The lowest BCUT2D eigenvalue weighted by Crippen LogP contribution is -1.77. The summed E-state index contributed by atoms with van der Waals surface area (Å²) in [6.45, 7) is 0. The molecule has 0 radical (unpaired) electrons. The normalized spacial score (nSPS) is 10.0. The number of aromatic hydroxyl groups is 1. The predicted molar refractivity (Wildman–Crippen MR) is 44.8 cm³/mol. The van der Waals surface area contributed by atoms with E-state index in [4.69, 9.17) is 9.15 Å². The van der Waals surface area contributed by atoms with Crippen molar-refractivity contribution in [1.82, 2.24) is 0 Å². The highest BCUT2D eigenvalue weighted by Crippen LogP contribution is 2.35. The number of rotatable bonds is 2. The molecular weight excluding hydrogens is 176 g/mol. The van der Waals surface area contributed by atoms with E-state index in [9.17, 15) is 5.11 Å². The minimum Gasteiger partial charge on any atom is -0.497 e. The molecule has 2 heterocycles. The Hall–Kier alpha value is -1.42. The largest absolute Gasteiger partial charge is 0.497 e. The molecule has 2 aromatic rings. The molecule has 0 spiro atoms. The molecule has 3 nitrogen and oxygen atoms in total. The minimum atomic E-state index is 0.159. The molecule has 0 unspecified atom stereocenters. The third kappa shape index (κ3) is 1.29. The van der Waals surface area contributed by atoms with Crippen LogP contribution in [0, 0.1) is 0 Å². The summed E-state index contributed by atoms with van der Waals surface area (Å²) in [5.41, 5.74) is 0. The maximum atomic E-state index is 9.20. The van der Waals surface area contributed by atoms with Gasteiger partial charge in [-0.25, -0.2) is 0 Å². The van der Waals surface area contributed by atoms with Crippen LogP contribution in [0.1, 0.15) is 0 Å². The third-order valence-electron chi connectivity index (χ3n) is 1.32. The van der Waals surface area contributed by atoms with Crippen molar-refractivity contribution in [3.63, 3.8) is 0 Å². The molecule has 62 valence electrons. The second kappa shape index (κ2) is 2.91. The van der Waals surface area contributed by atoms with Gasteiger partial charge < -0.3 is 14.3 Å². The zero-order chi connectivity index (χ0) is 8.39. The van der Waals surface area contributed by atoms with Gasteiger partial charge in [-0.15, -0.1) is 11.3 Å². The van der Waals surface area contributed by atoms with E-state index in [1.165, 1.54) is 17.6 Å². The van der Waals surface area contributed by atoms with Gasteiger partial charge in [-0.2, -0.15) is 0 Å². The Balaban J connectivity index is 2.20. The first kappa shape index (κ1) is 7.24. The van der Waals surface area contributed by atoms with Crippen molar-refractivity contribution in [1.29, 1.82) is 0 Å². The van der Waals surface area contributed by atoms with Crippen molar-refractivity contribution in [2.45, 2.75) is 0 Å². The molecule has 0 fully saturated rings. The molecule has 0 aromatic carbocycles. The Kier molecular flexibility index (Phi) is 1.75. The van der Waals surface area contributed by atoms with Crippen LogP contribution in [0.15, 0.2) is 34.3 Å². The molecule has 0 aliphatic heterocycles. The van der Waals surface area contributed by atoms with Gasteiger partial charge in [-0.05, 0) is 17.5 Å². The number of thiophene rings is 1. The molecule has 0 atom stereocenters. The summed E-state index contributed by atoms with van der Waals surface area (Å²) >= 11 is 1.22. The van der Waals surface area contributed by atoms with Gasteiger partial charge in [0, 0.05) is 6.07 Å². The molecule has 2 rings (SSSR count). The maximum Gasteiger partial charge on any atom is 0.289 e. The van der Waals surface area contributed by atoms with Gasteiger partial charge >= 0.3 is 0 Å². The lowest BCUT2D eigenvalue weighted by Gasteiger charge is -1.97. The van der Waals surface area contributed by atoms with Crippen molar-refractivity contribution >= 4 is 11.3 Å². The smallest absolute Gasteiger partial charge is 0.289 e. The fraction of sp³-hybridized carbons (Fsp3) is 0. The van der Waals surface area contributed by atoms with Gasteiger partial charge in [0.15, 0.2) is 5.75 Å². The van der Waals surface area contributed by atoms with E-state index in [-0.39, 0.29) is 5.06 Å². The van der Waals surface area contributed by atoms with Gasteiger partial charge in [-0.1, -0.05) is 0 Å². The quantitative estimate of drug-likeness (QED) is 0.776. The SMILES string of the molecule is Oc1sccc1Oc1ccco1. The van der Waals surface area contributed by atoms with Gasteiger partial charge in [0.2, 0.25) is 5.06 Å². The van der Waals surface area contributed by atoms with E-state index in [1.807, 2.05) is 0 Å². The Labute approximate surface area is 72.8 Å². The van der Waals surface area contributed by atoms with Crippen LogP contribution in [-0.4, -0.2) is 5.11 Å². The summed E-state index contributed by atoms with van der Waals surface area (Å²) in [4.78, 5) is 0. The summed E-state index contributed by atoms with van der Waals surface area (Å²) < 4.78 is 10.1. The average Bonchev–Trinajstić information content (AvgIpc) is 2.65. The zero-order valence-electron chi connectivity index (χ0n) is 6.06. The van der Waals surface area contributed by atoms with Crippen LogP contribution in [0.4, 0.5) is 0 Å². The first-order valence-corrected chi connectivity index (χ1v) is 4.22. The number of hydrogen-bond donors (Lipinski definition) is 1. The van der Waals surface area contributed by atoms with Crippen LogP contribution >= 0.6 is 11.3 Å². The predicted octanol–water partition coefficient (Wildman–Crippen LogP) is 2.84. The summed E-state index contributed by atoms with van der Waals surface area (Å²) in [6.07, 6.45) is 1.51. The first-order valence-electron chi connectivity index (χ1n) is 3.34. The minimum absolute atomic E-state index is 0.159. The Bertz CT molecular complexity index is 350. The van der Waals surface area contributed by atoms with Crippen molar-refractivity contribution in [2.75, 3.05) is 0 Å². The first-order chi connectivity index (χ1) is 5.86. The zero-order valence-corrected chi connectivity index (χ0v) is 6.88. The summed E-state index contributed by atoms with van der Waals surface area (Å²) in [5.74, 6) is 0.804. The summed E-state index contributed by atoms with van der Waals surface area (Å²) in [5, 5.41) is 11.1. The molecule has 0 bridgehead atoms. The van der Waals surface area contributed by atoms with Crippen molar-refractivity contribution in [2.24, 2.45) is 0 Å². The highest BCUT2D eigenvalue weighted by molar-refractivity contribution is 7.12. The van der Waals surface area contributed by atoms with Crippen molar-refractivity contribution in [3.8, 4) is 16.8 Å². The van der Waals surface area contributed by atoms with Crippen LogP contribution in [0.2, 0.25) is 0 Å². The van der Waals surface area contributed by atoms with E-state index in [0.717, 1.165) is 0 Å². The van der Waals surface area contributed by atoms with Crippen LogP contribution < -0.4 is 4.74 Å². The van der Waals surface area contributed by atoms with Crippen LogP contribution in [0.25, 0.3) is 0 Å². The van der Waals surface area contributed by atoms with Gasteiger partial charge in [0.05, 0.1) is 6.26 Å². The highest BCUT2D eigenvalue weighted by atomic mass is 32.1. The highest BCUT2D eigenvalue weighted by Gasteiger charge is 2.05. The Morgan fingerprint density at radius 2 is 2.33 bits per heavy atom. The standard InChI is InChI=1S/C8H6O3S/c9-8-6(3-5-12-8)11-7-2-1-4-10-7/h1-5,9H. The molecule has 0 aliphatic carbocycles. The van der Waals surface area contributed by atoms with Crippen molar-refractivity contribution < 1.29 is 14.3 Å². The van der Waals surface area contributed by atoms with Gasteiger partial charge in [0.25, 0.3) is 5.95 Å². The van der Waals surface area contributed by atoms with Crippen LogP contribution in [0.5, 0.6) is 16.8 Å². The van der Waals surface area contributed by atoms with Crippen molar-refractivity contribution in [3.05, 3.63) is 29.8 Å². The lowest BCUT2D eigenvalue weighted by molar-refractivity contribution is 0.333. The number of hydrogen-bond acceptors (Lipinski definition) is 4. The van der Waals surface area contributed by atoms with Crippen LogP contribution in [-0.2, 0) is 0 Å². The molecule has 0 aliphatic rings. The topological polar surface area (TPSA) is 42.6 Å². The lowest BCUT2D eigenvalue weighted by atomic mass is 10.6. The van der Waals surface area contributed by atoms with Gasteiger partial charge in [-0.3, -0.25) is 0 Å². The molecular formula is C8H6O3S. The maximum absolute atomic E-state index is 9.20. The second-order valence-electron chi connectivity index (χ2n) is 2.12. The van der Waals surface area contributed by atoms with E-state index in [2.05, 4.69) is 0 Å². The summed E-state index contributed by atoms with van der Waals surface area (Å²) in [7, 11) is 0. The second-order valence-corrected chi connectivity index (χ2v) is 3.02. The fourth-order valence-electron chi connectivity index (χ4n) is 0.797. The van der Waals surface area contributed by atoms with Crippen LogP contribution in [0.3, 0.4) is 0 Å². The fourth-order valence-corrected chi connectivity index (χ4v) is 1.34. The average molecular weight is 182 g/mol. The number of furan rings is 1. The summed E-state index contributed by atoms with van der Waals surface area (Å²) in [6, 6.07) is 5.08. The molecule has 0 saturated heterocycles. The number of ether oxygens (including phenoxy) is 1. The molecule has 4 heteroatoms. The monoisotopic (exact) mass is 182 g/mol. The molecule has 12 heavy (non-hydrogen) atoms. The van der Waals surface area contributed by atoms with E-state index in [1.54, 1.807) is 23.6 Å². The molecule has 2 aromatic heterocycles. The molecule has 1 N–H and O–H groups in total. The molecule has 0 saturated carbocycles. The van der Waals surface area contributed by atoms with E-state index in [0.29, 0.717) is 11.7 Å². The Morgan fingerprint density at radius 1 is 1.42 bits per heavy atom. The van der Waals surface area contributed by atoms with E-state index < -0.39 is 0 Å². The van der Waals surface area contributed by atoms with E-state index >= 15 is 0 Å².